The van der Waals surface area contributed by atoms with Gasteiger partial charge in [-0.3, -0.25) is 19.7 Å². The Morgan fingerprint density at radius 3 is 2.57 bits per heavy atom. The van der Waals surface area contributed by atoms with E-state index in [1.807, 2.05) is 0 Å². The highest BCUT2D eigenvalue weighted by atomic mass is 16.6. The average Bonchev–Trinajstić information content (AvgIpc) is 2.43. The number of imide groups is 1. The zero-order valence-electron chi connectivity index (χ0n) is 6.76. The van der Waals surface area contributed by atoms with Gasteiger partial charge in [-0.05, 0) is 6.07 Å². The van der Waals surface area contributed by atoms with Crippen LogP contribution in [0.1, 0.15) is 20.7 Å². The molecule has 1 aliphatic rings. The van der Waals surface area contributed by atoms with Crippen molar-refractivity contribution in [2.24, 2.45) is 0 Å². The Labute approximate surface area is 77.7 Å². The molecule has 1 aromatic carbocycles. The van der Waals surface area contributed by atoms with E-state index in [1.165, 1.54) is 18.2 Å². The van der Waals surface area contributed by atoms with Crippen LogP contribution in [0.15, 0.2) is 18.2 Å². The molecule has 6 nitrogen and oxygen atoms in total. The summed E-state index contributed by atoms with van der Waals surface area (Å²) < 4.78 is 0. The molecule has 0 spiro atoms. The van der Waals surface area contributed by atoms with Gasteiger partial charge in [0.15, 0.2) is 0 Å². The number of amides is 2. The molecule has 14 heavy (non-hydrogen) atoms. The average molecular weight is 191 g/mol. The van der Waals surface area contributed by atoms with Crippen LogP contribution >= 0.6 is 0 Å². The number of nitro groups is 1. The van der Waals surface area contributed by atoms with Crippen molar-refractivity contribution in [2.45, 2.75) is 0 Å². The smallest absolute Gasteiger partial charge is 0.267 e. The SMILES string of the molecule is O=C1[N]C(=O)c2c1cccc2[N+](=O)[O-]. The Hall–Kier alpha value is -2.24. The maximum absolute atomic E-state index is 11.1. The lowest BCUT2D eigenvalue weighted by atomic mass is 10.1. The van der Waals surface area contributed by atoms with E-state index in [9.17, 15) is 19.7 Å². The lowest BCUT2D eigenvalue weighted by molar-refractivity contribution is -0.385. The number of hydrogen-bond donors (Lipinski definition) is 0. The first-order valence-electron chi connectivity index (χ1n) is 3.69. The molecule has 1 aliphatic heterocycles. The monoisotopic (exact) mass is 191 g/mol. The van der Waals surface area contributed by atoms with Crippen molar-refractivity contribution in [3.05, 3.63) is 39.4 Å². The van der Waals surface area contributed by atoms with Crippen molar-refractivity contribution in [3.63, 3.8) is 0 Å². The molecular formula is C8H3N2O4. The lowest BCUT2D eigenvalue weighted by Gasteiger charge is -1.94. The summed E-state index contributed by atoms with van der Waals surface area (Å²) in [7, 11) is 0. The fraction of sp³-hybridized carbons (Fsp3) is 0. The molecule has 2 rings (SSSR count). The molecule has 0 bridgehead atoms. The van der Waals surface area contributed by atoms with Crippen molar-refractivity contribution in [1.29, 1.82) is 0 Å². The van der Waals surface area contributed by atoms with Crippen molar-refractivity contribution in [2.75, 3.05) is 0 Å². The number of nitro benzene ring substituents is 1. The first kappa shape index (κ1) is 8.36. The second-order valence-electron chi connectivity index (χ2n) is 2.68. The summed E-state index contributed by atoms with van der Waals surface area (Å²) in [4.78, 5) is 32.0. The van der Waals surface area contributed by atoms with Gasteiger partial charge in [-0.25, -0.2) is 0 Å². The van der Waals surface area contributed by atoms with Crippen LogP contribution in [0.4, 0.5) is 5.69 Å². The summed E-state index contributed by atoms with van der Waals surface area (Å²) >= 11 is 0. The first-order chi connectivity index (χ1) is 6.61. The molecule has 1 heterocycles. The Balaban J connectivity index is 2.74. The number of fused-ring (bicyclic) bond motifs is 1. The Bertz CT molecular complexity index is 466. The lowest BCUT2D eigenvalue weighted by Crippen LogP contribution is -2.11. The Kier molecular flexibility index (Phi) is 1.57. The van der Waals surface area contributed by atoms with E-state index in [2.05, 4.69) is 5.32 Å². The Morgan fingerprint density at radius 1 is 1.21 bits per heavy atom. The molecule has 0 aromatic heterocycles. The predicted molar refractivity (Wildman–Crippen MR) is 43.9 cm³/mol. The molecule has 0 N–H and O–H groups in total. The van der Waals surface area contributed by atoms with Gasteiger partial charge in [-0.2, -0.15) is 5.32 Å². The van der Waals surface area contributed by atoms with Crippen LogP contribution in [0.3, 0.4) is 0 Å². The third kappa shape index (κ3) is 0.972. The van der Waals surface area contributed by atoms with E-state index in [0.29, 0.717) is 0 Å². The minimum atomic E-state index is -0.836. The van der Waals surface area contributed by atoms with Crippen LogP contribution in [0.5, 0.6) is 0 Å². The van der Waals surface area contributed by atoms with Crippen LogP contribution in [-0.4, -0.2) is 16.7 Å². The fourth-order valence-corrected chi connectivity index (χ4v) is 1.30. The van der Waals surface area contributed by atoms with Crippen molar-refractivity contribution >= 4 is 17.5 Å². The van der Waals surface area contributed by atoms with Gasteiger partial charge in [-0.1, -0.05) is 6.07 Å². The molecule has 6 heteroatoms. The van der Waals surface area contributed by atoms with Crippen LogP contribution in [0, 0.1) is 10.1 Å². The first-order valence-corrected chi connectivity index (χ1v) is 3.69. The number of hydrogen-bond acceptors (Lipinski definition) is 4. The molecule has 1 aromatic rings. The summed E-state index contributed by atoms with van der Waals surface area (Å²) in [6, 6.07) is 3.87. The topological polar surface area (TPSA) is 91.4 Å². The summed E-state index contributed by atoms with van der Waals surface area (Å²) in [6.45, 7) is 0. The normalized spacial score (nSPS) is 13.7. The molecule has 0 saturated carbocycles. The van der Waals surface area contributed by atoms with E-state index < -0.39 is 16.7 Å². The summed E-state index contributed by atoms with van der Waals surface area (Å²) in [5.74, 6) is -1.55. The van der Waals surface area contributed by atoms with Crippen LogP contribution < -0.4 is 5.32 Å². The third-order valence-corrected chi connectivity index (χ3v) is 1.89. The number of nitrogens with zero attached hydrogens (tertiary/aromatic N) is 2. The van der Waals surface area contributed by atoms with E-state index in [0.717, 1.165) is 0 Å². The maximum atomic E-state index is 11.1. The molecule has 0 unspecified atom stereocenters. The van der Waals surface area contributed by atoms with Crippen LogP contribution in [-0.2, 0) is 0 Å². The fourth-order valence-electron chi connectivity index (χ4n) is 1.30. The Morgan fingerprint density at radius 2 is 1.93 bits per heavy atom. The van der Waals surface area contributed by atoms with E-state index in [-0.39, 0.29) is 16.8 Å². The van der Waals surface area contributed by atoms with E-state index >= 15 is 0 Å². The molecule has 1 radical (unpaired) electrons. The van der Waals surface area contributed by atoms with Gasteiger partial charge in [0.05, 0.1) is 10.5 Å². The van der Waals surface area contributed by atoms with Crippen LogP contribution in [0.25, 0.3) is 0 Å². The van der Waals surface area contributed by atoms with Crippen molar-refractivity contribution < 1.29 is 14.5 Å². The highest BCUT2D eigenvalue weighted by Gasteiger charge is 2.35. The third-order valence-electron chi connectivity index (χ3n) is 1.89. The summed E-state index contributed by atoms with van der Waals surface area (Å²) in [5.41, 5.74) is -0.575. The number of rotatable bonds is 1. The second kappa shape index (κ2) is 2.63. The van der Waals surface area contributed by atoms with Gasteiger partial charge in [0, 0.05) is 6.07 Å². The zero-order valence-corrected chi connectivity index (χ0v) is 6.76. The van der Waals surface area contributed by atoms with Gasteiger partial charge in [-0.15, -0.1) is 0 Å². The largest absolute Gasteiger partial charge is 0.288 e. The number of benzene rings is 1. The van der Waals surface area contributed by atoms with Gasteiger partial charge < -0.3 is 0 Å². The quantitative estimate of drug-likeness (QED) is 0.367. The molecular weight excluding hydrogens is 188 g/mol. The molecule has 0 aliphatic carbocycles. The van der Waals surface area contributed by atoms with Gasteiger partial charge in [0.1, 0.15) is 5.56 Å². The molecule has 0 saturated heterocycles. The minimum Gasteiger partial charge on any atom is -0.267 e. The van der Waals surface area contributed by atoms with E-state index in [1.54, 1.807) is 0 Å². The predicted octanol–water partition coefficient (Wildman–Crippen LogP) is 0.493. The standard InChI is InChI=1S/C8H3N2O4/c11-7-4-2-1-3-5(10(13)14)6(4)8(12)9-7/h1-3H. The van der Waals surface area contributed by atoms with Crippen molar-refractivity contribution in [1.82, 2.24) is 5.32 Å². The molecule has 0 atom stereocenters. The van der Waals surface area contributed by atoms with E-state index in [4.69, 9.17) is 0 Å². The molecule has 69 valence electrons. The number of carbonyl (C=O) groups is 2. The number of carbonyl (C=O) groups excluding carboxylic acids is 2. The minimum absolute atomic E-state index is 0.00389. The van der Waals surface area contributed by atoms with Gasteiger partial charge in [0.25, 0.3) is 17.5 Å². The van der Waals surface area contributed by atoms with Crippen molar-refractivity contribution in [3.8, 4) is 0 Å². The molecule has 0 fully saturated rings. The zero-order chi connectivity index (χ0) is 10.3. The van der Waals surface area contributed by atoms with Gasteiger partial charge in [0.2, 0.25) is 0 Å². The molecule has 2 amide bonds. The highest BCUT2D eigenvalue weighted by molar-refractivity contribution is 6.22. The highest BCUT2D eigenvalue weighted by Crippen LogP contribution is 2.26. The maximum Gasteiger partial charge on any atom is 0.288 e. The van der Waals surface area contributed by atoms with Gasteiger partial charge >= 0.3 is 0 Å². The summed E-state index contributed by atoms with van der Waals surface area (Å²) in [6.07, 6.45) is 0. The van der Waals surface area contributed by atoms with Crippen LogP contribution in [0.2, 0.25) is 0 Å². The second-order valence-corrected chi connectivity index (χ2v) is 2.68. The summed E-state index contributed by atoms with van der Waals surface area (Å²) in [5, 5.41) is 13.6.